The minimum atomic E-state index is -4.02. The Hall–Kier alpha value is -3.97. The van der Waals surface area contributed by atoms with Gasteiger partial charge < -0.3 is 10.6 Å². The number of para-hydroxylation sites is 2. The number of allylic oxidation sites excluding steroid dienone is 2. The maximum atomic E-state index is 12.7. The molecule has 0 unspecified atom stereocenters. The van der Waals surface area contributed by atoms with Gasteiger partial charge in [0.1, 0.15) is 5.71 Å². The van der Waals surface area contributed by atoms with Crippen molar-refractivity contribution in [3.05, 3.63) is 115 Å². The fraction of sp³-hybridized carbons (Fsp3) is 0. The number of anilines is 2. The highest BCUT2D eigenvalue weighted by Crippen LogP contribution is 2.23. The number of hydrogen-bond acceptors (Lipinski definition) is 5. The molecule has 0 heterocycles. The van der Waals surface area contributed by atoms with Gasteiger partial charge in [0.05, 0.1) is 16.3 Å². The van der Waals surface area contributed by atoms with Gasteiger partial charge in [-0.25, -0.2) is 0 Å². The summed E-state index contributed by atoms with van der Waals surface area (Å²) >= 11 is 0. The monoisotopic (exact) mass is 429 g/mol. The van der Waals surface area contributed by atoms with Crippen molar-refractivity contribution in [1.29, 1.82) is 0 Å². The van der Waals surface area contributed by atoms with Crippen LogP contribution in [0.5, 0.6) is 0 Å². The SMILES string of the molecule is O=C1C=C(Nc2ccccc2)C(Nc2ccccc2)=CC1=NS(=O)(=O)c1ccccc1. The summed E-state index contributed by atoms with van der Waals surface area (Å²) < 4.78 is 29.1. The molecule has 3 aromatic rings. The van der Waals surface area contributed by atoms with Crippen LogP contribution in [-0.2, 0) is 14.8 Å². The molecule has 0 aliphatic heterocycles. The first kappa shape index (κ1) is 20.3. The van der Waals surface area contributed by atoms with Gasteiger partial charge in [0, 0.05) is 17.5 Å². The van der Waals surface area contributed by atoms with E-state index < -0.39 is 15.8 Å². The molecule has 6 nitrogen and oxygen atoms in total. The minimum Gasteiger partial charge on any atom is -0.354 e. The first-order valence-electron chi connectivity index (χ1n) is 9.53. The third-order valence-corrected chi connectivity index (χ3v) is 5.77. The Morgan fingerprint density at radius 1 is 0.613 bits per heavy atom. The average Bonchev–Trinajstić information content (AvgIpc) is 2.79. The fourth-order valence-corrected chi connectivity index (χ4v) is 3.98. The van der Waals surface area contributed by atoms with Crippen LogP contribution in [0.2, 0.25) is 0 Å². The molecular formula is C24H19N3O3S. The number of sulfonamides is 1. The molecule has 0 saturated carbocycles. The number of hydrogen-bond donors (Lipinski definition) is 2. The zero-order valence-electron chi connectivity index (χ0n) is 16.4. The van der Waals surface area contributed by atoms with Crippen molar-refractivity contribution >= 4 is 32.9 Å². The van der Waals surface area contributed by atoms with Gasteiger partial charge in [-0.15, -0.1) is 0 Å². The van der Waals surface area contributed by atoms with E-state index in [-0.39, 0.29) is 10.6 Å². The zero-order valence-corrected chi connectivity index (χ0v) is 17.2. The summed E-state index contributed by atoms with van der Waals surface area (Å²) in [7, 11) is -4.02. The molecule has 154 valence electrons. The van der Waals surface area contributed by atoms with Gasteiger partial charge >= 0.3 is 0 Å². The van der Waals surface area contributed by atoms with Crippen LogP contribution in [0, 0.1) is 0 Å². The molecule has 7 heteroatoms. The molecule has 0 bridgehead atoms. The molecular weight excluding hydrogens is 410 g/mol. The van der Waals surface area contributed by atoms with Gasteiger partial charge in [-0.05, 0) is 42.5 Å². The maximum absolute atomic E-state index is 12.7. The largest absolute Gasteiger partial charge is 0.354 e. The molecule has 0 aromatic heterocycles. The van der Waals surface area contributed by atoms with Crippen LogP contribution < -0.4 is 10.6 Å². The quantitative estimate of drug-likeness (QED) is 0.568. The molecule has 2 N–H and O–H groups in total. The van der Waals surface area contributed by atoms with Crippen LogP contribution in [0.25, 0.3) is 0 Å². The average molecular weight is 430 g/mol. The molecule has 0 spiro atoms. The summed E-state index contributed by atoms with van der Waals surface area (Å²) in [6.45, 7) is 0. The Bertz CT molecular complexity index is 1280. The lowest BCUT2D eigenvalue weighted by Gasteiger charge is -2.20. The molecule has 0 amide bonds. The van der Waals surface area contributed by atoms with E-state index in [0.29, 0.717) is 11.4 Å². The van der Waals surface area contributed by atoms with Gasteiger partial charge in [-0.3, -0.25) is 4.79 Å². The first-order valence-corrected chi connectivity index (χ1v) is 11.0. The maximum Gasteiger partial charge on any atom is 0.282 e. The lowest BCUT2D eigenvalue weighted by molar-refractivity contribution is -0.108. The summed E-state index contributed by atoms with van der Waals surface area (Å²) in [6.07, 6.45) is 2.79. The third-order valence-electron chi connectivity index (χ3n) is 4.46. The summed E-state index contributed by atoms with van der Waals surface area (Å²) in [5.74, 6) is -0.503. The molecule has 0 atom stereocenters. The van der Waals surface area contributed by atoms with Crippen LogP contribution in [0.3, 0.4) is 0 Å². The van der Waals surface area contributed by atoms with Gasteiger partial charge in [-0.1, -0.05) is 54.6 Å². The van der Waals surface area contributed by atoms with Crippen LogP contribution in [0.1, 0.15) is 0 Å². The summed E-state index contributed by atoms with van der Waals surface area (Å²) in [5.41, 5.74) is 2.45. The number of benzene rings is 3. The van der Waals surface area contributed by atoms with Crippen LogP contribution in [0.15, 0.2) is 124 Å². The van der Waals surface area contributed by atoms with E-state index >= 15 is 0 Å². The van der Waals surface area contributed by atoms with Gasteiger partial charge in [0.25, 0.3) is 10.0 Å². The lowest BCUT2D eigenvalue weighted by atomic mass is 10.0. The van der Waals surface area contributed by atoms with Gasteiger partial charge in [-0.2, -0.15) is 12.8 Å². The van der Waals surface area contributed by atoms with E-state index in [9.17, 15) is 13.2 Å². The number of rotatable bonds is 6. The Kier molecular flexibility index (Phi) is 5.77. The second-order valence-corrected chi connectivity index (χ2v) is 8.33. The molecule has 0 radical (unpaired) electrons. The van der Waals surface area contributed by atoms with Crippen molar-refractivity contribution in [2.75, 3.05) is 10.6 Å². The number of ketones is 1. The van der Waals surface area contributed by atoms with E-state index in [0.717, 1.165) is 11.4 Å². The van der Waals surface area contributed by atoms with E-state index in [4.69, 9.17) is 0 Å². The number of carbonyl (C=O) groups excluding carboxylic acids is 1. The molecule has 1 aliphatic carbocycles. The smallest absolute Gasteiger partial charge is 0.282 e. The molecule has 0 fully saturated rings. The van der Waals surface area contributed by atoms with Gasteiger partial charge in [0.15, 0.2) is 0 Å². The van der Waals surface area contributed by atoms with Crippen LogP contribution in [-0.4, -0.2) is 19.9 Å². The minimum absolute atomic E-state index is 0.0263. The Balaban J connectivity index is 1.72. The summed E-state index contributed by atoms with van der Waals surface area (Å²) in [5, 5.41) is 6.43. The highest BCUT2D eigenvalue weighted by molar-refractivity contribution is 7.90. The van der Waals surface area contributed by atoms with E-state index in [1.807, 2.05) is 60.7 Å². The fourth-order valence-electron chi connectivity index (χ4n) is 2.98. The van der Waals surface area contributed by atoms with Crippen LogP contribution in [0.4, 0.5) is 11.4 Å². The highest BCUT2D eigenvalue weighted by Gasteiger charge is 2.23. The Labute approximate surface area is 180 Å². The molecule has 0 saturated heterocycles. The second-order valence-electron chi connectivity index (χ2n) is 6.73. The summed E-state index contributed by atoms with van der Waals surface area (Å²) in [4.78, 5) is 12.7. The van der Waals surface area contributed by atoms with Crippen molar-refractivity contribution < 1.29 is 13.2 Å². The van der Waals surface area contributed by atoms with E-state index in [2.05, 4.69) is 15.0 Å². The van der Waals surface area contributed by atoms with Gasteiger partial charge in [0.2, 0.25) is 5.78 Å². The summed E-state index contributed by atoms with van der Waals surface area (Å²) in [6, 6.07) is 26.6. The molecule has 4 rings (SSSR count). The Morgan fingerprint density at radius 2 is 1.06 bits per heavy atom. The number of nitrogens with one attached hydrogen (secondary N) is 2. The number of carbonyl (C=O) groups is 1. The Morgan fingerprint density at radius 3 is 1.58 bits per heavy atom. The third kappa shape index (κ3) is 4.96. The second kappa shape index (κ2) is 8.81. The lowest BCUT2D eigenvalue weighted by Crippen LogP contribution is -2.23. The van der Waals surface area contributed by atoms with E-state index in [1.165, 1.54) is 24.3 Å². The normalized spacial score (nSPS) is 15.2. The zero-order chi connectivity index (χ0) is 21.7. The highest BCUT2D eigenvalue weighted by atomic mass is 32.2. The first-order chi connectivity index (χ1) is 15.0. The molecule has 3 aromatic carbocycles. The predicted molar refractivity (Wildman–Crippen MR) is 122 cm³/mol. The van der Waals surface area contributed by atoms with E-state index in [1.54, 1.807) is 18.2 Å². The van der Waals surface area contributed by atoms with Crippen molar-refractivity contribution in [2.45, 2.75) is 4.90 Å². The standard InChI is InChI=1S/C24H19N3O3S/c28-24-17-22(26-19-12-6-2-7-13-19)21(25-18-10-4-1-5-11-18)16-23(24)27-31(29,30)20-14-8-3-9-15-20/h1-17,25-26H. The van der Waals surface area contributed by atoms with Crippen molar-refractivity contribution in [2.24, 2.45) is 4.40 Å². The van der Waals surface area contributed by atoms with Crippen molar-refractivity contribution in [3.63, 3.8) is 0 Å². The predicted octanol–water partition coefficient (Wildman–Crippen LogP) is 4.39. The van der Waals surface area contributed by atoms with Crippen molar-refractivity contribution in [3.8, 4) is 0 Å². The molecule has 1 aliphatic rings. The van der Waals surface area contributed by atoms with Crippen molar-refractivity contribution in [1.82, 2.24) is 0 Å². The molecule has 31 heavy (non-hydrogen) atoms. The topological polar surface area (TPSA) is 87.6 Å². The van der Waals surface area contributed by atoms with Crippen LogP contribution >= 0.6 is 0 Å². The number of nitrogens with zero attached hydrogens (tertiary/aromatic N) is 1.